The average Bonchev–Trinajstić information content (AvgIpc) is 3.58. The van der Waals surface area contributed by atoms with Crippen molar-refractivity contribution in [3.8, 4) is 5.75 Å². The van der Waals surface area contributed by atoms with E-state index in [9.17, 15) is 22.0 Å². The van der Waals surface area contributed by atoms with Crippen molar-refractivity contribution in [1.29, 1.82) is 0 Å². The SMILES string of the molecule is CC(C)[C@](Cn1cncn1)(Cn1cnc(/C=C/c2ccc(OCC(F)(F)C(F)F)cc2)n1)c1ccc(F)cc1F. The summed E-state index contributed by atoms with van der Waals surface area (Å²) < 4.78 is 87.4. The predicted molar refractivity (Wildman–Crippen MR) is 135 cm³/mol. The molecule has 0 amide bonds. The first-order chi connectivity index (χ1) is 19.0. The third-order valence-corrected chi connectivity index (χ3v) is 6.54. The van der Waals surface area contributed by atoms with E-state index >= 15 is 4.39 Å². The van der Waals surface area contributed by atoms with Crippen LogP contribution in [0.1, 0.15) is 30.8 Å². The van der Waals surface area contributed by atoms with Gasteiger partial charge in [-0.05, 0) is 41.3 Å². The van der Waals surface area contributed by atoms with Gasteiger partial charge in [-0.2, -0.15) is 19.0 Å². The molecule has 0 aliphatic rings. The first-order valence-electron chi connectivity index (χ1n) is 12.2. The van der Waals surface area contributed by atoms with Crippen molar-refractivity contribution in [2.45, 2.75) is 44.7 Å². The van der Waals surface area contributed by atoms with Crippen LogP contribution in [0, 0.1) is 17.6 Å². The van der Waals surface area contributed by atoms with E-state index in [2.05, 4.69) is 20.2 Å². The standard InChI is InChI=1S/C27H26F6N6O/c1-18(2)26(12-38-16-34-15-36-38,22-9-6-20(28)11-23(22)29)13-39-17-35-24(37-39)10-5-19-3-7-21(8-4-19)40-14-27(32,33)25(30)31/h3-11,15-18,25H,12-14H2,1-2H3/b10-5+/t26-/m0/s1. The monoisotopic (exact) mass is 564 g/mol. The number of aromatic nitrogens is 6. The van der Waals surface area contributed by atoms with Crippen molar-refractivity contribution in [2.75, 3.05) is 6.61 Å². The fraction of sp³-hybridized carbons (Fsp3) is 0.333. The van der Waals surface area contributed by atoms with E-state index in [1.54, 1.807) is 33.6 Å². The smallest absolute Gasteiger partial charge is 0.340 e. The molecule has 0 N–H and O–H groups in total. The van der Waals surface area contributed by atoms with Crippen LogP contribution in [0.4, 0.5) is 26.3 Å². The summed E-state index contributed by atoms with van der Waals surface area (Å²) in [4.78, 5) is 8.27. The van der Waals surface area contributed by atoms with Gasteiger partial charge in [-0.25, -0.2) is 27.5 Å². The van der Waals surface area contributed by atoms with Gasteiger partial charge in [0.1, 0.15) is 36.4 Å². The molecule has 40 heavy (non-hydrogen) atoms. The molecule has 2 aromatic heterocycles. The van der Waals surface area contributed by atoms with Gasteiger partial charge in [0.15, 0.2) is 12.4 Å². The zero-order valence-corrected chi connectivity index (χ0v) is 21.6. The summed E-state index contributed by atoms with van der Waals surface area (Å²) in [6.45, 7) is 2.87. The van der Waals surface area contributed by atoms with Gasteiger partial charge < -0.3 is 4.74 Å². The van der Waals surface area contributed by atoms with E-state index in [0.29, 0.717) is 17.0 Å². The van der Waals surface area contributed by atoms with Gasteiger partial charge in [-0.3, -0.25) is 9.36 Å². The predicted octanol–water partition coefficient (Wildman–Crippen LogP) is 5.89. The number of ether oxygens (including phenoxy) is 1. The van der Waals surface area contributed by atoms with Gasteiger partial charge in [0.05, 0.1) is 13.1 Å². The largest absolute Gasteiger partial charge is 0.487 e. The highest BCUT2D eigenvalue weighted by Gasteiger charge is 2.42. The summed E-state index contributed by atoms with van der Waals surface area (Å²) in [7, 11) is 0. The number of alkyl halides is 4. The third kappa shape index (κ3) is 6.69. The highest BCUT2D eigenvalue weighted by Crippen LogP contribution is 2.38. The molecule has 0 bridgehead atoms. The Morgan fingerprint density at radius 2 is 1.68 bits per heavy atom. The summed E-state index contributed by atoms with van der Waals surface area (Å²) in [5.41, 5.74) is 0.0675. The lowest BCUT2D eigenvalue weighted by molar-refractivity contribution is -0.148. The van der Waals surface area contributed by atoms with Crippen LogP contribution in [-0.4, -0.2) is 48.5 Å². The quantitative estimate of drug-likeness (QED) is 0.201. The van der Waals surface area contributed by atoms with Crippen LogP contribution in [-0.2, 0) is 18.5 Å². The molecule has 1 atom stereocenters. The first-order valence-corrected chi connectivity index (χ1v) is 12.2. The van der Waals surface area contributed by atoms with Crippen LogP contribution in [0.2, 0.25) is 0 Å². The highest BCUT2D eigenvalue weighted by atomic mass is 19.3. The Labute approximate surface area is 226 Å². The summed E-state index contributed by atoms with van der Waals surface area (Å²) in [5, 5.41) is 8.66. The van der Waals surface area contributed by atoms with E-state index in [1.165, 1.54) is 43.2 Å². The van der Waals surface area contributed by atoms with Gasteiger partial charge in [0, 0.05) is 11.5 Å². The molecule has 0 saturated heterocycles. The molecule has 0 unspecified atom stereocenters. The van der Waals surface area contributed by atoms with E-state index in [-0.39, 0.29) is 24.8 Å². The number of nitrogens with zero attached hydrogens (tertiary/aromatic N) is 6. The number of hydrogen-bond donors (Lipinski definition) is 0. The van der Waals surface area contributed by atoms with Crippen LogP contribution >= 0.6 is 0 Å². The molecule has 7 nitrogen and oxygen atoms in total. The Kier molecular flexibility index (Phi) is 8.60. The second-order valence-corrected chi connectivity index (χ2v) is 9.58. The summed E-state index contributed by atoms with van der Waals surface area (Å²) in [5.74, 6) is -5.38. The minimum Gasteiger partial charge on any atom is -0.487 e. The lowest BCUT2D eigenvalue weighted by Crippen LogP contribution is -2.42. The molecular formula is C27H26F6N6O. The summed E-state index contributed by atoms with van der Waals surface area (Å²) in [6.07, 6.45) is 3.87. The molecule has 0 saturated carbocycles. The third-order valence-electron chi connectivity index (χ3n) is 6.54. The fourth-order valence-corrected chi connectivity index (χ4v) is 4.23. The highest BCUT2D eigenvalue weighted by molar-refractivity contribution is 5.66. The van der Waals surface area contributed by atoms with Gasteiger partial charge in [0.2, 0.25) is 0 Å². The molecule has 4 rings (SSSR count). The van der Waals surface area contributed by atoms with E-state index in [0.717, 1.165) is 6.07 Å². The Bertz CT molecular complexity index is 1420. The second-order valence-electron chi connectivity index (χ2n) is 9.58. The van der Waals surface area contributed by atoms with Crippen molar-refractivity contribution in [3.63, 3.8) is 0 Å². The van der Waals surface area contributed by atoms with Crippen molar-refractivity contribution in [1.82, 2.24) is 29.5 Å². The second kappa shape index (κ2) is 11.9. The maximum atomic E-state index is 15.1. The Morgan fingerprint density at radius 1 is 0.950 bits per heavy atom. The molecule has 13 heteroatoms. The average molecular weight is 565 g/mol. The summed E-state index contributed by atoms with van der Waals surface area (Å²) in [6, 6.07) is 9.38. The van der Waals surface area contributed by atoms with Crippen molar-refractivity contribution >= 4 is 12.2 Å². The minimum absolute atomic E-state index is 0.0188. The van der Waals surface area contributed by atoms with Gasteiger partial charge in [0.25, 0.3) is 0 Å². The maximum absolute atomic E-state index is 15.1. The fourth-order valence-electron chi connectivity index (χ4n) is 4.23. The molecule has 2 aromatic carbocycles. The van der Waals surface area contributed by atoms with Crippen LogP contribution < -0.4 is 4.74 Å². The van der Waals surface area contributed by atoms with E-state index in [1.807, 2.05) is 13.8 Å². The molecular weight excluding hydrogens is 538 g/mol. The van der Waals surface area contributed by atoms with E-state index < -0.39 is 36.0 Å². The first kappa shape index (κ1) is 28.8. The molecule has 0 fully saturated rings. The summed E-state index contributed by atoms with van der Waals surface area (Å²) >= 11 is 0. The van der Waals surface area contributed by atoms with E-state index in [4.69, 9.17) is 4.74 Å². The van der Waals surface area contributed by atoms with Crippen molar-refractivity contribution in [3.05, 3.63) is 90.0 Å². The normalized spacial score (nSPS) is 13.8. The van der Waals surface area contributed by atoms with Gasteiger partial charge >= 0.3 is 12.3 Å². The lowest BCUT2D eigenvalue weighted by Gasteiger charge is -2.38. The molecule has 4 aromatic rings. The molecule has 0 aliphatic carbocycles. The van der Waals surface area contributed by atoms with Crippen LogP contribution in [0.25, 0.3) is 12.2 Å². The maximum Gasteiger partial charge on any atom is 0.340 e. The van der Waals surface area contributed by atoms with Crippen molar-refractivity contribution in [2.24, 2.45) is 5.92 Å². The molecule has 0 spiro atoms. The lowest BCUT2D eigenvalue weighted by atomic mass is 9.71. The number of rotatable bonds is 12. The molecule has 2 heterocycles. The Hall–Kier alpha value is -4.16. The number of halogens is 6. The number of benzene rings is 2. The van der Waals surface area contributed by atoms with Crippen molar-refractivity contribution < 1.29 is 31.1 Å². The van der Waals surface area contributed by atoms with Crippen LogP contribution in [0.5, 0.6) is 5.75 Å². The minimum atomic E-state index is -4.24. The zero-order valence-electron chi connectivity index (χ0n) is 21.6. The Balaban J connectivity index is 1.52. The Morgan fingerprint density at radius 3 is 2.30 bits per heavy atom. The zero-order chi connectivity index (χ0) is 28.9. The van der Waals surface area contributed by atoms with Crippen LogP contribution in [0.3, 0.4) is 0 Å². The van der Waals surface area contributed by atoms with Crippen LogP contribution in [0.15, 0.2) is 61.4 Å². The molecule has 0 aliphatic heterocycles. The molecule has 0 radical (unpaired) electrons. The topological polar surface area (TPSA) is 70.7 Å². The molecule has 212 valence electrons. The van der Waals surface area contributed by atoms with Gasteiger partial charge in [-0.15, -0.1) is 0 Å². The number of hydrogen-bond acceptors (Lipinski definition) is 5. The van der Waals surface area contributed by atoms with Gasteiger partial charge in [-0.1, -0.05) is 38.1 Å².